The molecule has 1 aliphatic rings. The van der Waals surface area contributed by atoms with Crippen molar-refractivity contribution in [2.75, 3.05) is 40.4 Å². The number of ether oxygens (including phenoxy) is 1. The number of carbonyl (C=O) groups is 1. The Labute approximate surface area is 120 Å². The molecule has 1 aromatic rings. The molecule has 2 rings (SSSR count). The molecule has 20 heavy (non-hydrogen) atoms. The van der Waals surface area contributed by atoms with Crippen molar-refractivity contribution in [1.82, 2.24) is 19.6 Å². The Morgan fingerprint density at radius 2 is 2.30 bits per heavy atom. The minimum absolute atomic E-state index is 0.0604. The monoisotopic (exact) mass is 280 g/mol. The highest BCUT2D eigenvalue weighted by Crippen LogP contribution is 2.16. The summed E-state index contributed by atoms with van der Waals surface area (Å²) in [6.45, 7) is 5.82. The Morgan fingerprint density at radius 1 is 1.50 bits per heavy atom. The molecule has 0 spiro atoms. The number of fused-ring (bicyclic) bond motifs is 1. The van der Waals surface area contributed by atoms with Gasteiger partial charge in [-0.2, -0.15) is 5.10 Å². The first-order chi connectivity index (χ1) is 9.60. The van der Waals surface area contributed by atoms with Crippen LogP contribution < -0.4 is 0 Å². The number of hydrogen-bond acceptors (Lipinski definition) is 4. The fourth-order valence-electron chi connectivity index (χ4n) is 2.64. The summed E-state index contributed by atoms with van der Waals surface area (Å²) in [5.74, 6) is 0.446. The zero-order valence-corrected chi connectivity index (χ0v) is 12.6. The Hall–Kier alpha value is -1.40. The van der Waals surface area contributed by atoms with E-state index in [4.69, 9.17) is 4.74 Å². The Balaban J connectivity index is 2.10. The molecule has 112 valence electrons. The van der Waals surface area contributed by atoms with Crippen LogP contribution in [0, 0.1) is 5.92 Å². The average Bonchev–Trinajstić information content (AvgIpc) is 2.74. The number of hydrogen-bond donors (Lipinski definition) is 0. The van der Waals surface area contributed by atoms with Gasteiger partial charge in [-0.3, -0.25) is 9.48 Å². The van der Waals surface area contributed by atoms with Gasteiger partial charge in [-0.05, 0) is 27.1 Å². The molecular formula is C14H24N4O2. The van der Waals surface area contributed by atoms with Gasteiger partial charge in [-0.1, -0.05) is 0 Å². The molecule has 6 heteroatoms. The standard InChI is InChI=1S/C14H24N4O2/c1-4-20-11-14(19)17-8-12(7-16(2)3)9-18-13(10-17)5-6-15-18/h5-6,12H,4,7-11H2,1-3H3/t12-/m1/s1. The highest BCUT2D eigenvalue weighted by molar-refractivity contribution is 5.77. The first-order valence-corrected chi connectivity index (χ1v) is 7.11. The second kappa shape index (κ2) is 6.85. The summed E-state index contributed by atoms with van der Waals surface area (Å²) in [6, 6.07) is 1.99. The summed E-state index contributed by atoms with van der Waals surface area (Å²) in [5, 5.41) is 4.36. The largest absolute Gasteiger partial charge is 0.372 e. The van der Waals surface area contributed by atoms with Crippen LogP contribution in [0.25, 0.3) is 0 Å². The van der Waals surface area contributed by atoms with Crippen molar-refractivity contribution in [1.29, 1.82) is 0 Å². The van der Waals surface area contributed by atoms with Gasteiger partial charge in [0.15, 0.2) is 0 Å². The zero-order chi connectivity index (χ0) is 14.5. The quantitative estimate of drug-likeness (QED) is 0.785. The predicted octanol–water partition coefficient (Wildman–Crippen LogP) is 0.440. The minimum Gasteiger partial charge on any atom is -0.372 e. The first-order valence-electron chi connectivity index (χ1n) is 7.11. The summed E-state index contributed by atoms with van der Waals surface area (Å²) in [7, 11) is 4.11. The number of aromatic nitrogens is 2. The molecule has 6 nitrogen and oxygen atoms in total. The van der Waals surface area contributed by atoms with Crippen LogP contribution in [-0.4, -0.2) is 65.9 Å². The smallest absolute Gasteiger partial charge is 0.248 e. The van der Waals surface area contributed by atoms with E-state index in [0.29, 0.717) is 19.1 Å². The van der Waals surface area contributed by atoms with Crippen LogP contribution in [0.15, 0.2) is 12.3 Å². The van der Waals surface area contributed by atoms with Gasteiger partial charge in [0, 0.05) is 38.4 Å². The van der Waals surface area contributed by atoms with Crippen LogP contribution in [0.4, 0.5) is 0 Å². The van der Waals surface area contributed by atoms with Crippen LogP contribution in [0.1, 0.15) is 12.6 Å². The summed E-state index contributed by atoms with van der Waals surface area (Å²) in [6.07, 6.45) is 1.80. The Kier molecular flexibility index (Phi) is 5.14. The van der Waals surface area contributed by atoms with Gasteiger partial charge in [0.1, 0.15) is 6.61 Å². The molecule has 1 aromatic heterocycles. The second-order valence-corrected chi connectivity index (χ2v) is 5.54. The van der Waals surface area contributed by atoms with Gasteiger partial charge >= 0.3 is 0 Å². The molecule has 0 unspecified atom stereocenters. The van der Waals surface area contributed by atoms with Crippen molar-refractivity contribution >= 4 is 5.91 Å². The molecule has 1 atom stereocenters. The maximum absolute atomic E-state index is 12.2. The van der Waals surface area contributed by atoms with Gasteiger partial charge in [0.25, 0.3) is 0 Å². The molecule has 0 N–H and O–H groups in total. The molecule has 2 heterocycles. The molecule has 0 radical (unpaired) electrons. The van der Waals surface area contributed by atoms with E-state index in [2.05, 4.69) is 24.1 Å². The Bertz CT molecular complexity index is 444. The molecule has 0 saturated heterocycles. The van der Waals surface area contributed by atoms with Crippen molar-refractivity contribution in [3.63, 3.8) is 0 Å². The van der Waals surface area contributed by atoms with E-state index in [0.717, 1.165) is 25.3 Å². The van der Waals surface area contributed by atoms with Crippen molar-refractivity contribution < 1.29 is 9.53 Å². The predicted molar refractivity (Wildman–Crippen MR) is 76.2 cm³/mol. The van der Waals surface area contributed by atoms with Gasteiger partial charge in [-0.25, -0.2) is 0 Å². The maximum Gasteiger partial charge on any atom is 0.248 e. The van der Waals surface area contributed by atoms with Crippen molar-refractivity contribution in [2.24, 2.45) is 5.92 Å². The molecular weight excluding hydrogens is 256 g/mol. The van der Waals surface area contributed by atoms with E-state index in [1.807, 2.05) is 22.6 Å². The average molecular weight is 280 g/mol. The number of nitrogens with zero attached hydrogens (tertiary/aromatic N) is 4. The van der Waals surface area contributed by atoms with Crippen molar-refractivity contribution in [3.05, 3.63) is 18.0 Å². The second-order valence-electron chi connectivity index (χ2n) is 5.54. The van der Waals surface area contributed by atoms with Gasteiger partial charge in [0.2, 0.25) is 5.91 Å². The summed E-state index contributed by atoms with van der Waals surface area (Å²) < 4.78 is 7.27. The normalized spacial score (nSPS) is 19.0. The molecule has 1 amide bonds. The van der Waals surface area contributed by atoms with E-state index in [1.165, 1.54) is 0 Å². The van der Waals surface area contributed by atoms with Crippen LogP contribution in [0.3, 0.4) is 0 Å². The highest BCUT2D eigenvalue weighted by Gasteiger charge is 2.25. The third kappa shape index (κ3) is 3.80. The SMILES string of the molecule is CCOCC(=O)N1Cc2ccnn2C[C@H](CN(C)C)C1. The van der Waals surface area contributed by atoms with Crippen LogP contribution >= 0.6 is 0 Å². The van der Waals surface area contributed by atoms with Gasteiger partial charge in [0.05, 0.1) is 12.2 Å². The van der Waals surface area contributed by atoms with E-state index in [1.54, 1.807) is 6.20 Å². The van der Waals surface area contributed by atoms with Crippen molar-refractivity contribution in [3.8, 4) is 0 Å². The lowest BCUT2D eigenvalue weighted by atomic mass is 10.1. The Morgan fingerprint density at radius 3 is 3.00 bits per heavy atom. The van der Waals surface area contributed by atoms with E-state index in [9.17, 15) is 4.79 Å². The lowest BCUT2D eigenvalue weighted by Gasteiger charge is -2.25. The first kappa shape index (κ1) is 15.0. The van der Waals surface area contributed by atoms with Gasteiger partial charge in [-0.15, -0.1) is 0 Å². The number of amides is 1. The van der Waals surface area contributed by atoms with E-state index in [-0.39, 0.29) is 12.5 Å². The fourth-order valence-corrected chi connectivity index (χ4v) is 2.64. The molecule has 0 bridgehead atoms. The maximum atomic E-state index is 12.2. The topological polar surface area (TPSA) is 50.6 Å². The van der Waals surface area contributed by atoms with Crippen LogP contribution in [-0.2, 0) is 22.6 Å². The summed E-state index contributed by atoms with van der Waals surface area (Å²) in [4.78, 5) is 16.3. The minimum atomic E-state index is 0.0604. The lowest BCUT2D eigenvalue weighted by molar-refractivity contribution is -0.137. The lowest BCUT2D eigenvalue weighted by Crippen LogP contribution is -2.39. The zero-order valence-electron chi connectivity index (χ0n) is 12.6. The summed E-state index contributed by atoms with van der Waals surface area (Å²) in [5.41, 5.74) is 1.09. The molecule has 0 saturated carbocycles. The molecule has 0 aliphatic carbocycles. The van der Waals surface area contributed by atoms with Crippen molar-refractivity contribution in [2.45, 2.75) is 20.0 Å². The van der Waals surface area contributed by atoms with E-state index < -0.39 is 0 Å². The third-order valence-electron chi connectivity index (χ3n) is 3.47. The van der Waals surface area contributed by atoms with Gasteiger partial charge < -0.3 is 14.5 Å². The molecule has 0 fully saturated rings. The highest BCUT2D eigenvalue weighted by atomic mass is 16.5. The molecule has 0 aromatic carbocycles. The summed E-state index contributed by atoms with van der Waals surface area (Å²) >= 11 is 0. The fraction of sp³-hybridized carbons (Fsp3) is 0.714. The van der Waals surface area contributed by atoms with Crippen LogP contribution in [0.5, 0.6) is 0 Å². The number of rotatable bonds is 5. The third-order valence-corrected chi connectivity index (χ3v) is 3.47. The van der Waals surface area contributed by atoms with Crippen LogP contribution in [0.2, 0.25) is 0 Å². The van der Waals surface area contributed by atoms with E-state index >= 15 is 0 Å². The molecule has 1 aliphatic heterocycles. The number of carbonyl (C=O) groups excluding carboxylic acids is 1.